The van der Waals surface area contributed by atoms with Crippen molar-refractivity contribution in [3.8, 4) is 0 Å². The second-order valence-corrected chi connectivity index (χ2v) is 6.49. The van der Waals surface area contributed by atoms with Crippen molar-refractivity contribution < 1.29 is 4.79 Å². The maximum absolute atomic E-state index is 12.4. The lowest BCUT2D eigenvalue weighted by Crippen LogP contribution is -2.31. The molecule has 19 heavy (non-hydrogen) atoms. The molecule has 0 atom stereocenters. The maximum atomic E-state index is 12.4. The van der Waals surface area contributed by atoms with Crippen molar-refractivity contribution in [2.45, 2.75) is 46.6 Å². The Labute approximate surface area is 119 Å². The van der Waals surface area contributed by atoms with Crippen LogP contribution < -0.4 is 11.1 Å². The van der Waals surface area contributed by atoms with Gasteiger partial charge in [-0.05, 0) is 34.1 Å². The number of carbonyl (C=O) groups excluding carboxylic acids is 1. The van der Waals surface area contributed by atoms with Crippen molar-refractivity contribution in [3.05, 3.63) is 4.88 Å². The number of rotatable bonds is 5. The molecule has 1 aromatic rings. The summed E-state index contributed by atoms with van der Waals surface area (Å²) in [6.07, 6.45) is 0.936. The minimum Gasteiger partial charge on any atom is -0.382 e. The van der Waals surface area contributed by atoms with Crippen LogP contribution in [0.5, 0.6) is 0 Å². The van der Waals surface area contributed by atoms with Crippen molar-refractivity contribution in [3.63, 3.8) is 0 Å². The SMILES string of the molecule is CCCN(CC)C(=O)c1sc(NC(C)(C)C)nc1N. The average molecular weight is 284 g/mol. The summed E-state index contributed by atoms with van der Waals surface area (Å²) in [5, 5.41) is 3.94. The molecule has 0 fully saturated rings. The predicted molar refractivity (Wildman–Crippen MR) is 81.8 cm³/mol. The monoisotopic (exact) mass is 284 g/mol. The molecule has 1 heterocycles. The van der Waals surface area contributed by atoms with Crippen molar-refractivity contribution in [2.75, 3.05) is 24.1 Å². The summed E-state index contributed by atoms with van der Waals surface area (Å²) >= 11 is 1.33. The number of hydrogen-bond donors (Lipinski definition) is 2. The van der Waals surface area contributed by atoms with Crippen molar-refractivity contribution >= 4 is 28.2 Å². The number of nitrogen functional groups attached to an aromatic ring is 1. The Bertz CT molecular complexity index is 436. The van der Waals surface area contributed by atoms with Gasteiger partial charge in [0.15, 0.2) is 5.13 Å². The normalized spacial score (nSPS) is 11.4. The molecule has 0 spiro atoms. The third-order valence-electron chi connectivity index (χ3n) is 2.49. The summed E-state index contributed by atoms with van der Waals surface area (Å²) in [6, 6.07) is 0. The number of amides is 1. The van der Waals surface area contributed by atoms with Crippen LogP contribution in [0.4, 0.5) is 10.9 Å². The fourth-order valence-electron chi connectivity index (χ4n) is 1.68. The third kappa shape index (κ3) is 4.38. The van der Waals surface area contributed by atoms with Crippen LogP contribution in [-0.2, 0) is 0 Å². The van der Waals surface area contributed by atoms with Gasteiger partial charge in [0.2, 0.25) is 0 Å². The van der Waals surface area contributed by atoms with E-state index >= 15 is 0 Å². The minimum atomic E-state index is -0.0987. The summed E-state index contributed by atoms with van der Waals surface area (Å²) in [5.41, 5.74) is 5.76. The summed E-state index contributed by atoms with van der Waals surface area (Å²) < 4.78 is 0. The molecular weight excluding hydrogens is 260 g/mol. The summed E-state index contributed by atoms with van der Waals surface area (Å²) in [5.74, 6) is 0.289. The number of thiazole rings is 1. The molecule has 1 aromatic heterocycles. The lowest BCUT2D eigenvalue weighted by Gasteiger charge is -2.20. The van der Waals surface area contributed by atoms with E-state index in [1.165, 1.54) is 11.3 Å². The molecule has 1 amide bonds. The van der Waals surface area contributed by atoms with Crippen LogP contribution in [0.25, 0.3) is 0 Å². The minimum absolute atomic E-state index is 0.0266. The molecule has 0 radical (unpaired) electrons. The Kier molecular flexibility index (Phi) is 5.17. The Morgan fingerprint density at radius 3 is 2.53 bits per heavy atom. The number of carbonyl (C=O) groups is 1. The Balaban J connectivity index is 2.92. The van der Waals surface area contributed by atoms with E-state index in [0.717, 1.165) is 13.0 Å². The van der Waals surface area contributed by atoms with Gasteiger partial charge in [-0.3, -0.25) is 4.79 Å². The van der Waals surface area contributed by atoms with Crippen LogP contribution in [0.3, 0.4) is 0 Å². The first-order valence-electron chi connectivity index (χ1n) is 6.62. The molecule has 0 aliphatic heterocycles. The Morgan fingerprint density at radius 1 is 1.42 bits per heavy atom. The molecule has 0 saturated heterocycles. The van der Waals surface area contributed by atoms with Crippen LogP contribution >= 0.6 is 11.3 Å². The summed E-state index contributed by atoms with van der Waals surface area (Å²) in [7, 11) is 0. The lowest BCUT2D eigenvalue weighted by molar-refractivity contribution is 0.0770. The lowest BCUT2D eigenvalue weighted by atomic mass is 10.1. The van der Waals surface area contributed by atoms with Crippen LogP contribution in [0.2, 0.25) is 0 Å². The van der Waals surface area contributed by atoms with E-state index in [1.807, 2.05) is 27.7 Å². The Hall–Kier alpha value is -1.30. The highest BCUT2D eigenvalue weighted by Crippen LogP contribution is 2.28. The summed E-state index contributed by atoms with van der Waals surface area (Å²) in [6.45, 7) is 11.6. The van der Waals surface area contributed by atoms with E-state index < -0.39 is 0 Å². The number of aromatic nitrogens is 1. The van der Waals surface area contributed by atoms with Gasteiger partial charge in [-0.25, -0.2) is 4.98 Å². The number of nitrogens with one attached hydrogen (secondary N) is 1. The third-order valence-corrected chi connectivity index (χ3v) is 3.47. The molecule has 0 aromatic carbocycles. The number of hydrogen-bond acceptors (Lipinski definition) is 5. The van der Waals surface area contributed by atoms with Gasteiger partial charge in [-0.1, -0.05) is 18.3 Å². The van der Waals surface area contributed by atoms with Gasteiger partial charge < -0.3 is 16.0 Å². The molecule has 0 bridgehead atoms. The highest BCUT2D eigenvalue weighted by atomic mass is 32.1. The van der Waals surface area contributed by atoms with Crippen molar-refractivity contribution in [2.24, 2.45) is 0 Å². The van der Waals surface area contributed by atoms with E-state index in [4.69, 9.17) is 5.73 Å². The molecule has 5 nitrogen and oxygen atoms in total. The van der Waals surface area contributed by atoms with Gasteiger partial charge in [0.25, 0.3) is 5.91 Å². The van der Waals surface area contributed by atoms with Crippen molar-refractivity contribution in [1.82, 2.24) is 9.88 Å². The molecule has 0 aliphatic rings. The first-order chi connectivity index (χ1) is 8.78. The zero-order valence-electron chi connectivity index (χ0n) is 12.4. The molecule has 108 valence electrons. The topological polar surface area (TPSA) is 71.2 Å². The highest BCUT2D eigenvalue weighted by Gasteiger charge is 2.22. The number of nitrogens with two attached hydrogens (primary N) is 1. The van der Waals surface area contributed by atoms with Gasteiger partial charge in [-0.2, -0.15) is 0 Å². The maximum Gasteiger partial charge on any atom is 0.267 e. The van der Waals surface area contributed by atoms with Gasteiger partial charge in [-0.15, -0.1) is 0 Å². The van der Waals surface area contributed by atoms with Gasteiger partial charge in [0.1, 0.15) is 10.7 Å². The molecular formula is C13H24N4OS. The molecule has 6 heteroatoms. The first-order valence-corrected chi connectivity index (χ1v) is 7.44. The van der Waals surface area contributed by atoms with Gasteiger partial charge in [0, 0.05) is 18.6 Å². The van der Waals surface area contributed by atoms with Crippen LogP contribution in [-0.4, -0.2) is 34.4 Å². The standard InChI is InChI=1S/C13H24N4OS/c1-6-8-17(7-2)11(18)9-10(14)15-12(19-9)16-13(3,4)5/h6-8,14H2,1-5H3,(H,15,16). The fraction of sp³-hybridized carbons (Fsp3) is 0.692. The number of nitrogens with zero attached hydrogens (tertiary/aromatic N) is 2. The van der Waals surface area contributed by atoms with E-state index in [9.17, 15) is 4.79 Å². The zero-order chi connectivity index (χ0) is 14.6. The molecule has 0 saturated carbocycles. The smallest absolute Gasteiger partial charge is 0.267 e. The van der Waals surface area contributed by atoms with Gasteiger partial charge >= 0.3 is 0 Å². The first kappa shape index (κ1) is 15.8. The van der Waals surface area contributed by atoms with Crippen LogP contribution in [0.1, 0.15) is 50.7 Å². The summed E-state index contributed by atoms with van der Waals surface area (Å²) in [4.78, 5) is 18.9. The zero-order valence-corrected chi connectivity index (χ0v) is 13.2. The van der Waals surface area contributed by atoms with E-state index in [1.54, 1.807) is 4.90 Å². The second kappa shape index (κ2) is 6.23. The number of anilines is 2. The Morgan fingerprint density at radius 2 is 2.05 bits per heavy atom. The fourth-order valence-corrected chi connectivity index (χ4v) is 2.74. The quantitative estimate of drug-likeness (QED) is 0.872. The van der Waals surface area contributed by atoms with E-state index in [-0.39, 0.29) is 11.4 Å². The average Bonchev–Trinajstić information content (AvgIpc) is 2.63. The van der Waals surface area contributed by atoms with E-state index in [0.29, 0.717) is 22.4 Å². The molecule has 3 N–H and O–H groups in total. The van der Waals surface area contributed by atoms with Crippen molar-refractivity contribution in [1.29, 1.82) is 0 Å². The molecule has 0 unspecified atom stereocenters. The van der Waals surface area contributed by atoms with Crippen LogP contribution in [0.15, 0.2) is 0 Å². The second-order valence-electron chi connectivity index (χ2n) is 5.49. The predicted octanol–water partition coefficient (Wildman–Crippen LogP) is 2.81. The molecule has 1 rings (SSSR count). The molecule has 0 aliphatic carbocycles. The van der Waals surface area contributed by atoms with Crippen LogP contribution in [0, 0.1) is 0 Å². The van der Waals surface area contributed by atoms with Gasteiger partial charge in [0.05, 0.1) is 0 Å². The largest absolute Gasteiger partial charge is 0.382 e. The van der Waals surface area contributed by atoms with E-state index in [2.05, 4.69) is 17.2 Å². The highest BCUT2D eigenvalue weighted by molar-refractivity contribution is 7.18.